The van der Waals surface area contributed by atoms with Crippen molar-refractivity contribution in [3.8, 4) is 11.5 Å². The number of benzene rings is 3. The molecule has 0 radical (unpaired) electrons. The number of halogens is 2. The lowest BCUT2D eigenvalue weighted by atomic mass is 9.77. The summed E-state index contributed by atoms with van der Waals surface area (Å²) in [6, 6.07) is 16.5. The second kappa shape index (κ2) is 13.4. The Labute approximate surface area is 259 Å². The summed E-state index contributed by atoms with van der Waals surface area (Å²) in [5.74, 6) is -0.823. The Morgan fingerprint density at radius 2 is 1.81 bits per heavy atom. The van der Waals surface area contributed by atoms with Crippen molar-refractivity contribution in [1.82, 2.24) is 10.2 Å². The van der Waals surface area contributed by atoms with Gasteiger partial charge in [-0.1, -0.05) is 59.6 Å². The van der Waals surface area contributed by atoms with Crippen LogP contribution in [0, 0.1) is 0 Å². The number of hydrogen-bond acceptors (Lipinski definition) is 7. The van der Waals surface area contributed by atoms with Gasteiger partial charge in [0.25, 0.3) is 0 Å². The number of ether oxygens (including phenoxy) is 2. The van der Waals surface area contributed by atoms with Crippen molar-refractivity contribution in [2.45, 2.75) is 43.7 Å². The smallest absolute Gasteiger partial charge is 0.247 e. The number of carbonyl (C=O) groups excluding carboxylic acids is 2. The van der Waals surface area contributed by atoms with Gasteiger partial charge in [0.1, 0.15) is 12.2 Å². The first-order valence-corrected chi connectivity index (χ1v) is 14.6. The normalized spacial score (nSPS) is 20.4. The van der Waals surface area contributed by atoms with Crippen molar-refractivity contribution in [1.29, 1.82) is 0 Å². The Balaban J connectivity index is 1.61. The first-order chi connectivity index (χ1) is 20.7. The van der Waals surface area contributed by atoms with Crippen molar-refractivity contribution in [2.75, 3.05) is 20.3 Å². The van der Waals surface area contributed by atoms with E-state index in [2.05, 4.69) is 5.32 Å². The molecule has 11 heteroatoms. The highest BCUT2D eigenvalue weighted by atomic mass is 35.5. The number of rotatable bonds is 10. The summed E-state index contributed by atoms with van der Waals surface area (Å²) >= 11 is 12.6. The zero-order chi connectivity index (χ0) is 30.7. The molecule has 2 aliphatic rings. The minimum atomic E-state index is -1.26. The lowest BCUT2D eigenvalue weighted by Gasteiger charge is -2.41. The first kappa shape index (κ1) is 30.8. The molecule has 4 N–H and O–H groups in total. The molecule has 0 spiro atoms. The molecule has 3 aromatic carbocycles. The maximum atomic E-state index is 14.0. The summed E-state index contributed by atoms with van der Waals surface area (Å²) in [5, 5.41) is 34.6. The molecular formula is C32H32Cl2N2O7. The highest BCUT2D eigenvalue weighted by molar-refractivity contribution is 6.35. The van der Waals surface area contributed by atoms with Crippen molar-refractivity contribution in [3.05, 3.63) is 105 Å². The molecule has 0 unspecified atom stereocenters. The molecule has 3 aromatic rings. The molecule has 0 saturated carbocycles. The molecule has 0 aromatic heterocycles. The van der Waals surface area contributed by atoms with Gasteiger partial charge in [0.05, 0.1) is 38.7 Å². The maximum absolute atomic E-state index is 14.0. The van der Waals surface area contributed by atoms with Crippen LogP contribution in [-0.2, 0) is 29.2 Å². The lowest BCUT2D eigenvalue weighted by Crippen LogP contribution is -2.55. The summed E-state index contributed by atoms with van der Waals surface area (Å²) in [6.45, 7) is -0.518. The predicted molar refractivity (Wildman–Crippen MR) is 161 cm³/mol. The quantitative estimate of drug-likeness (QED) is 0.271. The standard InChI is InChI=1S/C32H32Cl2N2O7/c1-42-26-12-19(17-38)11-22-28-23(32(41)35-9-10-37)15-25(29(40)31(28)43-30(22)26)36(16-20-7-8-21(33)14-24(20)34)27(39)13-18-5-3-2-4-6-18/h2-8,11-12,14-15,25,28-29,31,37-38,40H,9-10,13,16-17H2,1H3,(H,35,41)/t25-,28+,29+,31+/m1/s1. The number of methoxy groups -OCH3 is 1. The van der Waals surface area contributed by atoms with Gasteiger partial charge in [0.15, 0.2) is 11.5 Å². The maximum Gasteiger partial charge on any atom is 0.247 e. The van der Waals surface area contributed by atoms with Crippen molar-refractivity contribution in [3.63, 3.8) is 0 Å². The average molecular weight is 628 g/mol. The van der Waals surface area contributed by atoms with Crippen LogP contribution in [0.5, 0.6) is 11.5 Å². The van der Waals surface area contributed by atoms with E-state index in [0.717, 1.165) is 5.56 Å². The third-order valence-corrected chi connectivity index (χ3v) is 8.32. The van der Waals surface area contributed by atoms with E-state index in [1.165, 1.54) is 12.0 Å². The van der Waals surface area contributed by atoms with Crippen LogP contribution in [-0.4, -0.2) is 70.5 Å². The molecule has 0 fully saturated rings. The zero-order valence-corrected chi connectivity index (χ0v) is 24.9. The van der Waals surface area contributed by atoms with Gasteiger partial charge in [0, 0.05) is 34.3 Å². The second-order valence-corrected chi connectivity index (χ2v) is 11.3. The average Bonchev–Trinajstić information content (AvgIpc) is 3.40. The fourth-order valence-corrected chi connectivity index (χ4v) is 6.15. The van der Waals surface area contributed by atoms with Gasteiger partial charge in [-0.2, -0.15) is 0 Å². The summed E-state index contributed by atoms with van der Waals surface area (Å²) in [7, 11) is 1.46. The topological polar surface area (TPSA) is 129 Å². The van der Waals surface area contributed by atoms with E-state index in [4.69, 9.17) is 32.7 Å². The number of aliphatic hydroxyl groups excluding tert-OH is 3. The van der Waals surface area contributed by atoms with Gasteiger partial charge in [0.2, 0.25) is 11.8 Å². The first-order valence-electron chi connectivity index (χ1n) is 13.8. The van der Waals surface area contributed by atoms with Gasteiger partial charge in [-0.3, -0.25) is 9.59 Å². The number of nitrogens with one attached hydrogen (secondary N) is 1. The summed E-state index contributed by atoms with van der Waals surface area (Å²) in [4.78, 5) is 29.0. The van der Waals surface area contributed by atoms with Gasteiger partial charge >= 0.3 is 0 Å². The third-order valence-electron chi connectivity index (χ3n) is 7.73. The Hall–Kier alpha value is -3.60. The molecule has 1 aliphatic carbocycles. The highest BCUT2D eigenvalue weighted by Gasteiger charge is 2.51. The number of aliphatic hydroxyl groups is 3. The van der Waals surface area contributed by atoms with Crippen LogP contribution < -0.4 is 14.8 Å². The van der Waals surface area contributed by atoms with Crippen molar-refractivity contribution < 1.29 is 34.4 Å². The summed E-state index contributed by atoms with van der Waals surface area (Å²) in [6.07, 6.45) is -0.602. The van der Waals surface area contributed by atoms with Crippen LogP contribution in [0.2, 0.25) is 10.0 Å². The SMILES string of the molecule is COc1cc(CO)cc2c1O[C@@H]1[C@@H](O)[C@H](N(Cc3ccc(Cl)cc3Cl)C(=O)Cc3ccccc3)C=C(C(=O)NCCO)[C@H]21. The Bertz CT molecular complexity index is 1530. The van der Waals surface area contributed by atoms with E-state index in [1.54, 1.807) is 36.4 Å². The predicted octanol–water partition coefficient (Wildman–Crippen LogP) is 3.39. The fraction of sp³-hybridized carbons (Fsp3) is 0.312. The second-order valence-electron chi connectivity index (χ2n) is 10.4. The largest absolute Gasteiger partial charge is 0.493 e. The molecule has 0 bridgehead atoms. The molecule has 4 atom stereocenters. The van der Waals surface area contributed by atoms with Crippen LogP contribution in [0.15, 0.2) is 72.3 Å². The van der Waals surface area contributed by atoms with Gasteiger partial charge < -0.3 is 35.0 Å². The number of fused-ring (bicyclic) bond motifs is 3. The summed E-state index contributed by atoms with van der Waals surface area (Å²) in [5.41, 5.74) is 2.75. The Morgan fingerprint density at radius 1 is 1.05 bits per heavy atom. The van der Waals surface area contributed by atoms with Crippen LogP contribution in [0.25, 0.3) is 0 Å². The molecular weight excluding hydrogens is 595 g/mol. The van der Waals surface area contributed by atoms with Crippen LogP contribution in [0.3, 0.4) is 0 Å². The molecule has 43 heavy (non-hydrogen) atoms. The number of nitrogens with zero attached hydrogens (tertiary/aromatic N) is 1. The Kier molecular flexibility index (Phi) is 9.59. The van der Waals surface area contributed by atoms with E-state index < -0.39 is 30.1 Å². The van der Waals surface area contributed by atoms with Crippen LogP contribution in [0.4, 0.5) is 0 Å². The molecule has 5 rings (SSSR count). The molecule has 226 valence electrons. The number of carbonyl (C=O) groups is 2. The fourth-order valence-electron chi connectivity index (χ4n) is 5.68. The van der Waals surface area contributed by atoms with Gasteiger partial charge in [-0.15, -0.1) is 0 Å². The lowest BCUT2D eigenvalue weighted by molar-refractivity contribution is -0.137. The van der Waals surface area contributed by atoms with Crippen molar-refractivity contribution >= 4 is 35.0 Å². The molecule has 1 aliphatic heterocycles. The van der Waals surface area contributed by atoms with Crippen molar-refractivity contribution in [2.24, 2.45) is 0 Å². The monoisotopic (exact) mass is 626 g/mol. The van der Waals surface area contributed by atoms with Gasteiger partial charge in [-0.05, 0) is 47.0 Å². The van der Waals surface area contributed by atoms with Gasteiger partial charge in [-0.25, -0.2) is 0 Å². The highest BCUT2D eigenvalue weighted by Crippen LogP contribution is 2.51. The van der Waals surface area contributed by atoms with Crippen LogP contribution >= 0.6 is 23.2 Å². The van der Waals surface area contributed by atoms with E-state index in [-0.39, 0.29) is 44.2 Å². The molecule has 0 saturated heterocycles. The molecule has 9 nitrogen and oxygen atoms in total. The summed E-state index contributed by atoms with van der Waals surface area (Å²) < 4.78 is 11.8. The van der Waals surface area contributed by atoms with Crippen LogP contribution in [0.1, 0.15) is 28.2 Å². The van der Waals surface area contributed by atoms with E-state index >= 15 is 0 Å². The Morgan fingerprint density at radius 3 is 2.49 bits per heavy atom. The molecule has 2 amide bonds. The number of amides is 2. The minimum absolute atomic E-state index is 0.00549. The minimum Gasteiger partial charge on any atom is -0.493 e. The molecule has 1 heterocycles. The van der Waals surface area contributed by atoms with E-state index in [0.29, 0.717) is 38.2 Å². The third kappa shape index (κ3) is 6.37. The van der Waals surface area contributed by atoms with E-state index in [1.807, 2.05) is 30.3 Å². The zero-order valence-electron chi connectivity index (χ0n) is 23.4. The number of hydrogen-bond donors (Lipinski definition) is 4. The van der Waals surface area contributed by atoms with E-state index in [9.17, 15) is 24.9 Å².